The molecule has 0 aromatic heterocycles. The summed E-state index contributed by atoms with van der Waals surface area (Å²) in [5.74, 6) is -0.760. The number of imide groups is 1. The number of halogens is 2. The van der Waals surface area contributed by atoms with E-state index in [1.807, 2.05) is 0 Å². The highest BCUT2D eigenvalue weighted by Gasteiger charge is 2.36. The Morgan fingerprint density at radius 2 is 1.57 bits per heavy atom. The maximum Gasteiger partial charge on any atom is 0.261 e. The second-order valence-electron chi connectivity index (χ2n) is 4.70. The number of carbonyl (C=O) groups is 2. The maximum atomic E-state index is 12.3. The molecule has 0 spiro atoms. The lowest BCUT2D eigenvalue weighted by Crippen LogP contribution is -2.29. The van der Waals surface area contributed by atoms with Crippen LogP contribution in [-0.4, -0.2) is 16.7 Å². The minimum Gasteiger partial charge on any atom is -0.399 e. The molecule has 2 aromatic rings. The van der Waals surface area contributed by atoms with Gasteiger partial charge in [0.05, 0.1) is 17.7 Å². The summed E-state index contributed by atoms with van der Waals surface area (Å²) in [6, 6.07) is 9.69. The molecule has 6 heteroatoms. The highest BCUT2D eigenvalue weighted by Crippen LogP contribution is 2.30. The van der Waals surface area contributed by atoms with E-state index in [1.54, 1.807) is 30.3 Å². The molecule has 1 heterocycles. The quantitative estimate of drug-likeness (QED) is 0.681. The highest BCUT2D eigenvalue weighted by atomic mass is 35.5. The average Bonchev–Trinajstić information content (AvgIpc) is 2.67. The van der Waals surface area contributed by atoms with Crippen molar-refractivity contribution in [2.45, 2.75) is 6.54 Å². The number of hydrogen-bond acceptors (Lipinski definition) is 3. The number of hydrogen-bond donors (Lipinski definition) is 1. The fourth-order valence-electron chi connectivity index (χ4n) is 2.29. The summed E-state index contributed by atoms with van der Waals surface area (Å²) >= 11 is 12.2. The van der Waals surface area contributed by atoms with Gasteiger partial charge in [-0.05, 0) is 30.3 Å². The molecule has 2 aromatic carbocycles. The first-order valence-corrected chi connectivity index (χ1v) is 6.93. The number of carbonyl (C=O) groups excluding carboxylic acids is 2. The number of rotatable bonds is 2. The Kier molecular flexibility index (Phi) is 3.35. The van der Waals surface area contributed by atoms with E-state index in [4.69, 9.17) is 28.9 Å². The predicted molar refractivity (Wildman–Crippen MR) is 81.5 cm³/mol. The number of nitrogens with two attached hydrogens (primary N) is 1. The summed E-state index contributed by atoms with van der Waals surface area (Å²) in [6.45, 7) is 0.0325. The van der Waals surface area contributed by atoms with E-state index >= 15 is 0 Å². The molecular weight excluding hydrogens is 311 g/mol. The van der Waals surface area contributed by atoms with Crippen molar-refractivity contribution >= 4 is 40.7 Å². The SMILES string of the molecule is Nc1ccc2c(c1)C(=O)N(Cc1c(Cl)cccc1Cl)C2=O. The molecule has 1 aliphatic rings. The Hall–Kier alpha value is -2.04. The predicted octanol–water partition coefficient (Wildman–Crippen LogP) is 3.37. The van der Waals surface area contributed by atoms with Gasteiger partial charge in [-0.2, -0.15) is 0 Å². The monoisotopic (exact) mass is 320 g/mol. The molecule has 0 fully saturated rings. The van der Waals surface area contributed by atoms with Crippen LogP contribution in [0.3, 0.4) is 0 Å². The van der Waals surface area contributed by atoms with Gasteiger partial charge >= 0.3 is 0 Å². The number of benzene rings is 2. The molecule has 0 unspecified atom stereocenters. The summed E-state index contributed by atoms with van der Waals surface area (Å²) in [7, 11) is 0. The van der Waals surface area contributed by atoms with Gasteiger partial charge in [0.15, 0.2) is 0 Å². The maximum absolute atomic E-state index is 12.3. The highest BCUT2D eigenvalue weighted by molar-refractivity contribution is 6.36. The Morgan fingerprint density at radius 1 is 0.952 bits per heavy atom. The first kappa shape index (κ1) is 13.9. The molecule has 0 atom stereocenters. The van der Waals surface area contributed by atoms with E-state index in [0.29, 0.717) is 32.4 Å². The van der Waals surface area contributed by atoms with Crippen molar-refractivity contribution in [2.75, 3.05) is 5.73 Å². The van der Waals surface area contributed by atoms with E-state index in [2.05, 4.69) is 0 Å². The lowest BCUT2D eigenvalue weighted by atomic mass is 10.1. The van der Waals surface area contributed by atoms with Crippen molar-refractivity contribution in [1.82, 2.24) is 4.90 Å². The number of nitrogens with zero attached hydrogens (tertiary/aromatic N) is 1. The third-order valence-corrected chi connectivity index (χ3v) is 4.08. The van der Waals surface area contributed by atoms with Crippen molar-refractivity contribution in [2.24, 2.45) is 0 Å². The van der Waals surface area contributed by atoms with E-state index < -0.39 is 5.91 Å². The van der Waals surface area contributed by atoms with Crippen LogP contribution in [0.25, 0.3) is 0 Å². The Morgan fingerprint density at radius 3 is 2.24 bits per heavy atom. The van der Waals surface area contributed by atoms with Gasteiger partial charge in [0.2, 0.25) is 0 Å². The van der Waals surface area contributed by atoms with Gasteiger partial charge in [0.1, 0.15) is 0 Å². The lowest BCUT2D eigenvalue weighted by Gasteiger charge is -2.15. The fraction of sp³-hybridized carbons (Fsp3) is 0.0667. The number of fused-ring (bicyclic) bond motifs is 1. The molecule has 0 saturated carbocycles. The zero-order valence-corrected chi connectivity index (χ0v) is 12.3. The standard InChI is InChI=1S/C15H10Cl2N2O2/c16-12-2-1-3-13(17)11(12)7-19-14(20)9-5-4-8(18)6-10(9)15(19)21/h1-6H,7,18H2. The van der Waals surface area contributed by atoms with Crippen LogP contribution in [0.4, 0.5) is 5.69 Å². The smallest absolute Gasteiger partial charge is 0.261 e. The molecule has 3 rings (SSSR count). The molecule has 0 bridgehead atoms. The minimum absolute atomic E-state index is 0.0325. The van der Waals surface area contributed by atoms with Gasteiger partial charge in [0.25, 0.3) is 11.8 Å². The Labute approximate surface area is 131 Å². The van der Waals surface area contributed by atoms with Gasteiger partial charge in [-0.15, -0.1) is 0 Å². The van der Waals surface area contributed by atoms with E-state index in [9.17, 15) is 9.59 Å². The fourth-order valence-corrected chi connectivity index (χ4v) is 2.81. The second kappa shape index (κ2) is 5.06. The van der Waals surface area contributed by atoms with Crippen LogP contribution in [0, 0.1) is 0 Å². The third-order valence-electron chi connectivity index (χ3n) is 3.37. The zero-order chi connectivity index (χ0) is 15.1. The van der Waals surface area contributed by atoms with Crippen LogP contribution in [0.15, 0.2) is 36.4 Å². The summed E-state index contributed by atoms with van der Waals surface area (Å²) in [5, 5.41) is 0.831. The largest absolute Gasteiger partial charge is 0.399 e. The van der Waals surface area contributed by atoms with Crippen molar-refractivity contribution in [3.63, 3.8) is 0 Å². The summed E-state index contributed by atoms with van der Waals surface area (Å²) in [5.41, 5.74) is 7.30. The van der Waals surface area contributed by atoms with Crippen molar-refractivity contribution in [3.05, 3.63) is 63.1 Å². The van der Waals surface area contributed by atoms with Crippen LogP contribution >= 0.6 is 23.2 Å². The normalized spacial score (nSPS) is 13.7. The van der Waals surface area contributed by atoms with E-state index in [0.717, 1.165) is 4.90 Å². The first-order valence-electron chi connectivity index (χ1n) is 6.17. The topological polar surface area (TPSA) is 63.4 Å². The van der Waals surface area contributed by atoms with Crippen molar-refractivity contribution in [3.8, 4) is 0 Å². The first-order chi connectivity index (χ1) is 9.99. The third kappa shape index (κ3) is 2.26. The summed E-state index contributed by atoms with van der Waals surface area (Å²) < 4.78 is 0. The van der Waals surface area contributed by atoms with E-state index in [1.165, 1.54) is 6.07 Å². The summed E-state index contributed by atoms with van der Waals surface area (Å²) in [6.07, 6.45) is 0. The number of nitrogen functional groups attached to an aromatic ring is 1. The Balaban J connectivity index is 1.99. The molecule has 106 valence electrons. The molecule has 1 aliphatic heterocycles. The van der Waals surface area contributed by atoms with Gasteiger partial charge in [-0.3, -0.25) is 14.5 Å². The van der Waals surface area contributed by atoms with Gasteiger partial charge in [-0.25, -0.2) is 0 Å². The lowest BCUT2D eigenvalue weighted by molar-refractivity contribution is 0.0642. The second-order valence-corrected chi connectivity index (χ2v) is 5.52. The molecule has 0 saturated heterocycles. The number of amides is 2. The van der Waals surface area contributed by atoms with E-state index in [-0.39, 0.29) is 12.5 Å². The van der Waals surface area contributed by atoms with Crippen molar-refractivity contribution < 1.29 is 9.59 Å². The number of anilines is 1. The molecule has 0 radical (unpaired) electrons. The van der Waals surface area contributed by atoms with Crippen molar-refractivity contribution in [1.29, 1.82) is 0 Å². The van der Waals surface area contributed by atoms with Gasteiger partial charge in [0, 0.05) is 21.3 Å². The molecule has 21 heavy (non-hydrogen) atoms. The van der Waals surface area contributed by atoms with Crippen LogP contribution in [-0.2, 0) is 6.54 Å². The molecule has 0 aliphatic carbocycles. The van der Waals surface area contributed by atoms with Crippen LogP contribution in [0.2, 0.25) is 10.0 Å². The van der Waals surface area contributed by atoms with Gasteiger partial charge < -0.3 is 5.73 Å². The van der Waals surface area contributed by atoms with Crippen LogP contribution in [0.1, 0.15) is 26.3 Å². The van der Waals surface area contributed by atoms with Crippen LogP contribution in [0.5, 0.6) is 0 Å². The molecule has 2 N–H and O–H groups in total. The Bertz CT molecular complexity index is 754. The average molecular weight is 321 g/mol. The van der Waals surface area contributed by atoms with Gasteiger partial charge in [-0.1, -0.05) is 29.3 Å². The minimum atomic E-state index is -0.390. The summed E-state index contributed by atoms with van der Waals surface area (Å²) in [4.78, 5) is 25.8. The zero-order valence-electron chi connectivity index (χ0n) is 10.8. The van der Waals surface area contributed by atoms with Crippen LogP contribution < -0.4 is 5.73 Å². The molecule has 2 amide bonds. The molecule has 4 nitrogen and oxygen atoms in total. The molecular formula is C15H10Cl2N2O2.